The van der Waals surface area contributed by atoms with Gasteiger partial charge in [0.1, 0.15) is 11.3 Å². The molecular weight excluding hydrogens is 352 g/mol. The number of hydrogen-bond acceptors (Lipinski definition) is 6. The zero-order chi connectivity index (χ0) is 18.3. The lowest BCUT2D eigenvalue weighted by atomic mass is 9.94. The summed E-state index contributed by atoms with van der Waals surface area (Å²) in [6.45, 7) is 5.28. The lowest BCUT2D eigenvalue weighted by molar-refractivity contribution is -0.140. The second-order valence-corrected chi connectivity index (χ2v) is 7.72. The van der Waals surface area contributed by atoms with Gasteiger partial charge in [-0.1, -0.05) is 12.1 Å². The van der Waals surface area contributed by atoms with Crippen molar-refractivity contribution in [1.29, 1.82) is 0 Å². The predicted octanol–water partition coefficient (Wildman–Crippen LogP) is 2.27. The third kappa shape index (κ3) is 2.92. The number of carbonyl (C=O) groups is 2. The highest BCUT2D eigenvalue weighted by Gasteiger charge is 2.42. The van der Waals surface area contributed by atoms with Gasteiger partial charge in [-0.05, 0) is 26.2 Å². The van der Waals surface area contributed by atoms with E-state index in [-0.39, 0.29) is 23.8 Å². The molecule has 2 aromatic heterocycles. The monoisotopic (exact) mass is 374 g/mol. The Kier molecular flexibility index (Phi) is 4.52. The third-order valence-electron chi connectivity index (χ3n) is 5.38. The van der Waals surface area contributed by atoms with Crippen molar-refractivity contribution in [2.75, 3.05) is 13.1 Å². The van der Waals surface area contributed by atoms with E-state index in [9.17, 15) is 9.59 Å². The standard InChI is InChI=1S/C18H22N4O3S/c1-3-15-16(11(2)25-20-15)18(24)21-6-12-4-5-14(8-21)22(17(12)23)7-13-9-26-10-19-13/h9-10,12,14H,3-8H2,1-2H3/t12-,14+/m1/s1. The Morgan fingerprint density at radius 1 is 1.38 bits per heavy atom. The molecule has 7 nitrogen and oxygen atoms in total. The Morgan fingerprint density at radius 3 is 2.96 bits per heavy atom. The van der Waals surface area contributed by atoms with Gasteiger partial charge >= 0.3 is 0 Å². The zero-order valence-corrected chi connectivity index (χ0v) is 15.8. The topological polar surface area (TPSA) is 79.5 Å². The van der Waals surface area contributed by atoms with E-state index in [2.05, 4.69) is 10.1 Å². The van der Waals surface area contributed by atoms with Gasteiger partial charge in [-0.15, -0.1) is 11.3 Å². The van der Waals surface area contributed by atoms with E-state index >= 15 is 0 Å². The van der Waals surface area contributed by atoms with Gasteiger partial charge in [-0.25, -0.2) is 4.98 Å². The van der Waals surface area contributed by atoms with Crippen LogP contribution in [0.5, 0.6) is 0 Å². The van der Waals surface area contributed by atoms with E-state index in [0.717, 1.165) is 18.5 Å². The van der Waals surface area contributed by atoms with E-state index in [4.69, 9.17) is 4.52 Å². The van der Waals surface area contributed by atoms with Gasteiger partial charge in [-0.3, -0.25) is 9.59 Å². The van der Waals surface area contributed by atoms with Gasteiger partial charge in [0, 0.05) is 24.5 Å². The number of rotatable bonds is 4. The fourth-order valence-electron chi connectivity index (χ4n) is 4.00. The van der Waals surface area contributed by atoms with Crippen molar-refractivity contribution < 1.29 is 14.1 Å². The molecule has 3 aliphatic heterocycles. The van der Waals surface area contributed by atoms with Crippen LogP contribution in [0.3, 0.4) is 0 Å². The minimum Gasteiger partial charge on any atom is -0.361 e. The molecule has 2 aromatic rings. The van der Waals surface area contributed by atoms with Crippen LogP contribution in [0.4, 0.5) is 0 Å². The molecule has 0 spiro atoms. The Morgan fingerprint density at radius 2 is 2.23 bits per heavy atom. The fraction of sp³-hybridized carbons (Fsp3) is 0.556. The zero-order valence-electron chi connectivity index (χ0n) is 15.0. The number of aryl methyl sites for hydroxylation is 2. The molecule has 3 saturated heterocycles. The summed E-state index contributed by atoms with van der Waals surface area (Å²) in [5.41, 5.74) is 3.95. The summed E-state index contributed by atoms with van der Waals surface area (Å²) < 4.78 is 5.23. The van der Waals surface area contributed by atoms with Gasteiger partial charge in [0.15, 0.2) is 0 Å². The largest absolute Gasteiger partial charge is 0.361 e. The maximum atomic E-state index is 13.1. The van der Waals surface area contributed by atoms with Crippen LogP contribution in [-0.4, -0.2) is 50.9 Å². The molecule has 5 heterocycles. The van der Waals surface area contributed by atoms with Crippen LogP contribution in [0.25, 0.3) is 0 Å². The van der Waals surface area contributed by atoms with Crippen molar-refractivity contribution in [2.24, 2.45) is 5.92 Å². The Labute approximate surface area is 156 Å². The first-order valence-electron chi connectivity index (χ1n) is 9.00. The number of fused-ring (bicyclic) bond motifs is 4. The summed E-state index contributed by atoms with van der Waals surface area (Å²) in [5.74, 6) is 0.485. The third-order valence-corrected chi connectivity index (χ3v) is 6.01. The van der Waals surface area contributed by atoms with Crippen molar-refractivity contribution in [3.63, 3.8) is 0 Å². The maximum absolute atomic E-state index is 13.1. The first-order valence-corrected chi connectivity index (χ1v) is 9.94. The summed E-state index contributed by atoms with van der Waals surface area (Å²) in [4.78, 5) is 34.1. The Bertz CT molecular complexity index is 817. The van der Waals surface area contributed by atoms with Gasteiger partial charge in [0.05, 0.1) is 29.4 Å². The molecule has 0 saturated carbocycles. The van der Waals surface area contributed by atoms with Crippen LogP contribution < -0.4 is 0 Å². The molecule has 2 amide bonds. The lowest BCUT2D eigenvalue weighted by Gasteiger charge is -2.35. The summed E-state index contributed by atoms with van der Waals surface area (Å²) in [5, 5.41) is 5.98. The van der Waals surface area contributed by atoms with E-state index < -0.39 is 0 Å². The molecule has 0 aromatic carbocycles. The highest BCUT2D eigenvalue weighted by Crippen LogP contribution is 2.31. The molecule has 138 valence electrons. The summed E-state index contributed by atoms with van der Waals surface area (Å²) in [6.07, 6.45) is 2.41. The van der Waals surface area contributed by atoms with Crippen LogP contribution in [0.15, 0.2) is 15.4 Å². The van der Waals surface area contributed by atoms with Crippen LogP contribution in [0.2, 0.25) is 0 Å². The number of hydrogen-bond donors (Lipinski definition) is 0. The molecule has 8 heteroatoms. The van der Waals surface area contributed by atoms with Crippen LogP contribution in [0, 0.1) is 12.8 Å². The normalized spacial score (nSPS) is 22.8. The maximum Gasteiger partial charge on any atom is 0.259 e. The van der Waals surface area contributed by atoms with Gasteiger partial charge in [-0.2, -0.15) is 0 Å². The number of amides is 2. The smallest absolute Gasteiger partial charge is 0.259 e. The van der Waals surface area contributed by atoms with Crippen molar-refractivity contribution in [3.8, 4) is 0 Å². The Balaban J connectivity index is 1.58. The van der Waals surface area contributed by atoms with Crippen molar-refractivity contribution in [2.45, 2.75) is 45.7 Å². The number of carbonyl (C=O) groups excluding carboxylic acids is 2. The van der Waals surface area contributed by atoms with E-state index in [1.54, 1.807) is 12.4 Å². The second-order valence-electron chi connectivity index (χ2n) is 7.00. The van der Waals surface area contributed by atoms with Crippen LogP contribution in [-0.2, 0) is 17.8 Å². The molecule has 5 rings (SSSR count). The van der Waals surface area contributed by atoms with Crippen molar-refractivity contribution in [1.82, 2.24) is 19.9 Å². The summed E-state index contributed by atoms with van der Waals surface area (Å²) in [6, 6.07) is 0.0390. The predicted molar refractivity (Wildman–Crippen MR) is 95.7 cm³/mol. The molecule has 2 atom stereocenters. The molecule has 3 fully saturated rings. The number of piperidine rings is 1. The molecule has 0 radical (unpaired) electrons. The van der Waals surface area contributed by atoms with Gasteiger partial charge in [0.25, 0.3) is 5.91 Å². The fourth-order valence-corrected chi connectivity index (χ4v) is 4.55. The highest BCUT2D eigenvalue weighted by molar-refractivity contribution is 7.07. The summed E-state index contributed by atoms with van der Waals surface area (Å²) in [7, 11) is 0. The minimum atomic E-state index is -0.137. The number of nitrogens with zero attached hydrogens (tertiary/aromatic N) is 4. The SMILES string of the molecule is CCc1noc(C)c1C(=O)N1C[C@H]2CC[C@@H](C1)N(Cc1cscn1)C2=O. The number of aromatic nitrogens is 2. The first kappa shape index (κ1) is 17.2. The van der Waals surface area contributed by atoms with E-state index in [1.165, 1.54) is 11.3 Å². The minimum absolute atomic E-state index is 0.0390. The Hall–Kier alpha value is -2.22. The summed E-state index contributed by atoms with van der Waals surface area (Å²) >= 11 is 1.53. The van der Waals surface area contributed by atoms with E-state index in [0.29, 0.717) is 43.1 Å². The average molecular weight is 374 g/mol. The van der Waals surface area contributed by atoms with Gasteiger partial charge < -0.3 is 14.3 Å². The highest BCUT2D eigenvalue weighted by atomic mass is 32.1. The lowest BCUT2D eigenvalue weighted by Crippen LogP contribution is -2.47. The second kappa shape index (κ2) is 6.83. The van der Waals surface area contributed by atoms with Crippen LogP contribution >= 0.6 is 11.3 Å². The van der Waals surface area contributed by atoms with Gasteiger partial charge in [0.2, 0.25) is 5.91 Å². The molecule has 26 heavy (non-hydrogen) atoms. The molecule has 0 aliphatic carbocycles. The quantitative estimate of drug-likeness (QED) is 0.820. The molecule has 0 unspecified atom stereocenters. The van der Waals surface area contributed by atoms with Crippen molar-refractivity contribution >= 4 is 23.2 Å². The average Bonchev–Trinajstić information content (AvgIpc) is 3.19. The van der Waals surface area contributed by atoms with Crippen LogP contribution in [0.1, 0.15) is 47.3 Å². The molecule has 2 bridgehead atoms. The van der Waals surface area contributed by atoms with E-state index in [1.807, 2.05) is 22.1 Å². The van der Waals surface area contributed by atoms with Crippen molar-refractivity contribution in [3.05, 3.63) is 33.6 Å². The molecule has 3 aliphatic rings. The molecular formula is C18H22N4O3S. The number of thiazole rings is 1. The first-order chi connectivity index (χ1) is 12.6. The molecule has 0 N–H and O–H groups in total.